The van der Waals surface area contributed by atoms with E-state index < -0.39 is 18.0 Å². The van der Waals surface area contributed by atoms with E-state index in [4.69, 9.17) is 10.5 Å². The molecule has 126 valence electrons. The maximum atomic E-state index is 12.1. The first-order valence-electron chi connectivity index (χ1n) is 7.64. The fourth-order valence-corrected chi connectivity index (χ4v) is 2.21. The second-order valence-electron chi connectivity index (χ2n) is 5.31. The Morgan fingerprint density at radius 3 is 2.38 bits per heavy atom. The van der Waals surface area contributed by atoms with Gasteiger partial charge in [-0.1, -0.05) is 48.0 Å². The summed E-state index contributed by atoms with van der Waals surface area (Å²) in [5, 5.41) is 5.18. The van der Waals surface area contributed by atoms with Crippen LogP contribution in [0.5, 0.6) is 5.75 Å². The number of primary amides is 1. The number of aryl methyl sites for hydroxylation is 1. The Morgan fingerprint density at radius 2 is 1.75 bits per heavy atom. The van der Waals surface area contributed by atoms with Gasteiger partial charge in [0.2, 0.25) is 5.91 Å². The van der Waals surface area contributed by atoms with Crippen LogP contribution in [-0.4, -0.2) is 25.1 Å². The summed E-state index contributed by atoms with van der Waals surface area (Å²) >= 11 is 0. The van der Waals surface area contributed by atoms with Crippen molar-refractivity contribution in [2.45, 2.75) is 13.0 Å². The third-order valence-corrected chi connectivity index (χ3v) is 3.38. The summed E-state index contributed by atoms with van der Waals surface area (Å²) in [6.07, 6.45) is 0. The molecule has 0 heterocycles. The molecule has 6 nitrogen and oxygen atoms in total. The molecule has 0 radical (unpaired) electrons. The van der Waals surface area contributed by atoms with Gasteiger partial charge in [-0.05, 0) is 24.6 Å². The molecule has 4 N–H and O–H groups in total. The standard InChI is InChI=1S/C18H21N3O3/c1-13-7-9-15(10-8-13)24-12-11-20-16(17(22)21-18(19)23)14-5-3-2-4-6-14/h2-10,16,20H,11-12H2,1H3,(H3,19,21,22,23)/t16-/m0/s1. The van der Waals surface area contributed by atoms with Gasteiger partial charge in [-0.2, -0.15) is 0 Å². The summed E-state index contributed by atoms with van der Waals surface area (Å²) < 4.78 is 5.62. The van der Waals surface area contributed by atoms with Crippen LogP contribution in [0.3, 0.4) is 0 Å². The van der Waals surface area contributed by atoms with E-state index >= 15 is 0 Å². The molecule has 1 atom stereocenters. The number of carbonyl (C=O) groups is 2. The quantitative estimate of drug-likeness (QED) is 0.677. The normalized spacial score (nSPS) is 11.5. The molecule has 0 saturated heterocycles. The van der Waals surface area contributed by atoms with Gasteiger partial charge in [0.25, 0.3) is 0 Å². The molecular formula is C18H21N3O3. The third-order valence-electron chi connectivity index (χ3n) is 3.38. The van der Waals surface area contributed by atoms with Gasteiger partial charge in [-0.25, -0.2) is 4.79 Å². The van der Waals surface area contributed by atoms with Gasteiger partial charge in [0.1, 0.15) is 18.4 Å². The predicted octanol–water partition coefficient (Wildman–Crippen LogP) is 1.90. The number of rotatable bonds is 7. The lowest BCUT2D eigenvalue weighted by atomic mass is 10.1. The van der Waals surface area contributed by atoms with E-state index in [9.17, 15) is 9.59 Å². The molecule has 2 aromatic carbocycles. The molecule has 0 fully saturated rings. The molecule has 6 heteroatoms. The summed E-state index contributed by atoms with van der Waals surface area (Å²) in [6, 6.07) is 15.3. The van der Waals surface area contributed by atoms with Gasteiger partial charge >= 0.3 is 6.03 Å². The molecule has 24 heavy (non-hydrogen) atoms. The molecule has 0 aromatic heterocycles. The Hall–Kier alpha value is -2.86. The lowest BCUT2D eigenvalue weighted by Crippen LogP contribution is -2.43. The Kier molecular flexibility index (Phi) is 6.33. The maximum Gasteiger partial charge on any atom is 0.318 e. The molecule has 0 aliphatic heterocycles. The van der Waals surface area contributed by atoms with Crippen LogP contribution in [-0.2, 0) is 4.79 Å². The Balaban J connectivity index is 1.92. The van der Waals surface area contributed by atoms with Crippen molar-refractivity contribution in [3.63, 3.8) is 0 Å². The highest BCUT2D eigenvalue weighted by molar-refractivity contribution is 5.96. The molecular weight excluding hydrogens is 306 g/mol. The smallest absolute Gasteiger partial charge is 0.318 e. The number of hydrogen-bond acceptors (Lipinski definition) is 4. The summed E-state index contributed by atoms with van der Waals surface area (Å²) in [6.45, 7) is 2.82. The highest BCUT2D eigenvalue weighted by Gasteiger charge is 2.20. The first-order valence-corrected chi connectivity index (χ1v) is 7.64. The van der Waals surface area contributed by atoms with E-state index in [1.165, 1.54) is 0 Å². The highest BCUT2D eigenvalue weighted by Crippen LogP contribution is 2.13. The van der Waals surface area contributed by atoms with E-state index in [1.807, 2.05) is 49.4 Å². The van der Waals surface area contributed by atoms with Crippen molar-refractivity contribution in [1.82, 2.24) is 10.6 Å². The first kappa shape index (κ1) is 17.5. The fourth-order valence-electron chi connectivity index (χ4n) is 2.21. The van der Waals surface area contributed by atoms with Crippen molar-refractivity contribution in [1.29, 1.82) is 0 Å². The Morgan fingerprint density at radius 1 is 1.08 bits per heavy atom. The molecule has 0 aliphatic carbocycles. The number of amides is 3. The average Bonchev–Trinajstić information content (AvgIpc) is 2.56. The van der Waals surface area contributed by atoms with E-state index in [1.54, 1.807) is 12.1 Å². The monoisotopic (exact) mass is 327 g/mol. The zero-order valence-electron chi connectivity index (χ0n) is 13.5. The van der Waals surface area contributed by atoms with Crippen molar-refractivity contribution in [3.05, 3.63) is 65.7 Å². The molecule has 0 spiro atoms. The van der Waals surface area contributed by atoms with Crippen molar-refractivity contribution in [2.24, 2.45) is 5.73 Å². The zero-order valence-corrected chi connectivity index (χ0v) is 13.5. The fraction of sp³-hybridized carbons (Fsp3) is 0.222. The first-order chi connectivity index (χ1) is 11.6. The summed E-state index contributed by atoms with van der Waals surface area (Å²) in [7, 11) is 0. The zero-order chi connectivity index (χ0) is 17.4. The highest BCUT2D eigenvalue weighted by atomic mass is 16.5. The summed E-state index contributed by atoms with van der Waals surface area (Å²) in [5.41, 5.74) is 6.93. The van der Waals surface area contributed by atoms with E-state index in [2.05, 4.69) is 10.6 Å². The van der Waals surface area contributed by atoms with Crippen molar-refractivity contribution < 1.29 is 14.3 Å². The lowest BCUT2D eigenvalue weighted by molar-refractivity contribution is -0.122. The van der Waals surface area contributed by atoms with Gasteiger partial charge in [-0.3, -0.25) is 15.4 Å². The molecule has 3 amide bonds. The van der Waals surface area contributed by atoms with Crippen LogP contribution >= 0.6 is 0 Å². The van der Waals surface area contributed by atoms with Crippen LogP contribution in [0.2, 0.25) is 0 Å². The number of nitrogens with one attached hydrogen (secondary N) is 2. The van der Waals surface area contributed by atoms with E-state index in [0.717, 1.165) is 16.9 Å². The minimum atomic E-state index is -0.876. The number of benzene rings is 2. The summed E-state index contributed by atoms with van der Waals surface area (Å²) in [4.78, 5) is 23.1. The second kappa shape index (κ2) is 8.69. The maximum absolute atomic E-state index is 12.1. The van der Waals surface area contributed by atoms with Crippen LogP contribution < -0.4 is 21.1 Å². The third kappa shape index (κ3) is 5.40. The van der Waals surface area contributed by atoms with Crippen LogP contribution in [0.25, 0.3) is 0 Å². The number of nitrogens with two attached hydrogens (primary N) is 1. The number of hydrogen-bond donors (Lipinski definition) is 3. The number of imide groups is 1. The van der Waals surface area contributed by atoms with Gasteiger partial charge in [-0.15, -0.1) is 0 Å². The molecule has 0 aliphatic rings. The largest absolute Gasteiger partial charge is 0.492 e. The number of urea groups is 1. The SMILES string of the molecule is Cc1ccc(OCCN[C@H](C(=O)NC(N)=O)c2ccccc2)cc1. The topological polar surface area (TPSA) is 93.4 Å². The second-order valence-corrected chi connectivity index (χ2v) is 5.31. The van der Waals surface area contributed by atoms with Crippen molar-refractivity contribution in [3.8, 4) is 5.75 Å². The number of carbonyl (C=O) groups excluding carboxylic acids is 2. The van der Waals surface area contributed by atoms with Crippen molar-refractivity contribution >= 4 is 11.9 Å². The molecule has 2 aromatic rings. The molecule has 0 unspecified atom stereocenters. The van der Waals surface area contributed by atoms with Crippen LogP contribution in [0.4, 0.5) is 4.79 Å². The molecule has 2 rings (SSSR count). The molecule has 0 bridgehead atoms. The van der Waals surface area contributed by atoms with E-state index in [0.29, 0.717) is 13.2 Å². The Bertz CT molecular complexity index is 672. The molecule has 0 saturated carbocycles. The van der Waals surface area contributed by atoms with Gasteiger partial charge in [0.05, 0.1) is 0 Å². The average molecular weight is 327 g/mol. The minimum absolute atomic E-state index is 0.385. The van der Waals surface area contributed by atoms with Crippen molar-refractivity contribution in [2.75, 3.05) is 13.2 Å². The van der Waals surface area contributed by atoms with Crippen LogP contribution in [0, 0.1) is 6.92 Å². The predicted molar refractivity (Wildman–Crippen MR) is 91.6 cm³/mol. The van der Waals surface area contributed by atoms with Gasteiger partial charge in [0.15, 0.2) is 0 Å². The van der Waals surface area contributed by atoms with Gasteiger partial charge in [0, 0.05) is 6.54 Å². The lowest BCUT2D eigenvalue weighted by Gasteiger charge is -2.18. The Labute approximate surface area is 141 Å². The number of ether oxygens (including phenoxy) is 1. The van der Waals surface area contributed by atoms with Crippen LogP contribution in [0.15, 0.2) is 54.6 Å². The van der Waals surface area contributed by atoms with E-state index in [-0.39, 0.29) is 0 Å². The van der Waals surface area contributed by atoms with Gasteiger partial charge < -0.3 is 10.5 Å². The minimum Gasteiger partial charge on any atom is -0.492 e. The van der Waals surface area contributed by atoms with Crippen LogP contribution in [0.1, 0.15) is 17.2 Å². The summed E-state index contributed by atoms with van der Waals surface area (Å²) in [5.74, 6) is 0.268.